The first kappa shape index (κ1) is 23.0. The maximum Gasteiger partial charge on any atom is 0.490 e. The number of nitrogens with zero attached hydrogens (tertiary/aromatic N) is 3. The lowest BCUT2D eigenvalue weighted by Crippen LogP contribution is -2.43. The number of hydrogen-bond donors (Lipinski definition) is 1. The Morgan fingerprint density at radius 3 is 2.43 bits per heavy atom. The molecule has 0 unspecified atom stereocenters. The first-order valence-corrected chi connectivity index (χ1v) is 11.0. The largest absolute Gasteiger partial charge is 0.490 e. The lowest BCUT2D eigenvalue weighted by Gasteiger charge is -2.34. The van der Waals surface area contributed by atoms with E-state index in [0.717, 1.165) is 51.1 Å². The van der Waals surface area contributed by atoms with Gasteiger partial charge in [-0.2, -0.15) is 13.2 Å². The molecule has 4 rings (SSSR count). The maximum atomic E-state index is 12.5. The van der Waals surface area contributed by atoms with Gasteiger partial charge >= 0.3 is 12.1 Å². The van der Waals surface area contributed by atoms with Crippen molar-refractivity contribution < 1.29 is 32.6 Å². The molecule has 3 saturated heterocycles. The summed E-state index contributed by atoms with van der Waals surface area (Å²) >= 11 is 1.49. The summed E-state index contributed by atoms with van der Waals surface area (Å²) in [6.45, 7) is 7.26. The van der Waals surface area contributed by atoms with Crippen molar-refractivity contribution in [1.82, 2.24) is 14.8 Å². The molecule has 4 heterocycles. The van der Waals surface area contributed by atoms with E-state index in [4.69, 9.17) is 14.6 Å². The normalized spacial score (nSPS) is 25.4. The summed E-state index contributed by atoms with van der Waals surface area (Å²) in [6, 6.07) is 0. The minimum absolute atomic E-state index is 0.118. The van der Waals surface area contributed by atoms with Crippen LogP contribution in [-0.4, -0.2) is 83.9 Å². The van der Waals surface area contributed by atoms with Crippen LogP contribution in [0.5, 0.6) is 0 Å². The number of halogens is 3. The topological polar surface area (TPSA) is 83.0 Å². The van der Waals surface area contributed by atoms with Crippen LogP contribution in [0.15, 0.2) is 10.9 Å². The molecule has 0 aliphatic carbocycles. The molecule has 3 fully saturated rings. The Hall–Kier alpha value is -1.72. The van der Waals surface area contributed by atoms with Crippen LogP contribution >= 0.6 is 11.3 Å². The van der Waals surface area contributed by atoms with Crippen molar-refractivity contribution in [3.05, 3.63) is 16.6 Å². The number of carboxylic acid groups (broad SMARTS) is 1. The van der Waals surface area contributed by atoms with E-state index in [1.54, 1.807) is 5.51 Å². The van der Waals surface area contributed by atoms with Gasteiger partial charge in [0.25, 0.3) is 5.91 Å². The monoisotopic (exact) mass is 449 g/mol. The van der Waals surface area contributed by atoms with Crippen molar-refractivity contribution in [2.24, 2.45) is 17.8 Å². The number of hydrogen-bond acceptors (Lipinski definition) is 6. The molecule has 1 aromatic heterocycles. The van der Waals surface area contributed by atoms with Gasteiger partial charge in [0.15, 0.2) is 0 Å². The highest BCUT2D eigenvalue weighted by atomic mass is 32.1. The van der Waals surface area contributed by atoms with Gasteiger partial charge < -0.3 is 19.6 Å². The highest BCUT2D eigenvalue weighted by Crippen LogP contribution is 2.33. The molecule has 0 saturated carbocycles. The predicted octanol–water partition coefficient (Wildman–Crippen LogP) is 2.60. The van der Waals surface area contributed by atoms with Crippen molar-refractivity contribution in [2.75, 3.05) is 45.9 Å². The van der Waals surface area contributed by atoms with Gasteiger partial charge in [0, 0.05) is 51.3 Å². The molecule has 3 aliphatic rings. The Morgan fingerprint density at radius 2 is 1.83 bits per heavy atom. The number of amides is 1. The van der Waals surface area contributed by atoms with E-state index in [1.165, 1.54) is 37.3 Å². The zero-order chi connectivity index (χ0) is 21.7. The number of ether oxygens (including phenoxy) is 1. The lowest BCUT2D eigenvalue weighted by molar-refractivity contribution is -0.192. The molecule has 168 valence electrons. The fraction of sp³-hybridized carbons (Fsp3) is 0.737. The fourth-order valence-electron chi connectivity index (χ4n) is 4.37. The van der Waals surface area contributed by atoms with Crippen LogP contribution in [0.25, 0.3) is 0 Å². The van der Waals surface area contributed by atoms with E-state index in [-0.39, 0.29) is 5.91 Å². The summed E-state index contributed by atoms with van der Waals surface area (Å²) in [4.78, 5) is 30.2. The first-order valence-electron chi connectivity index (χ1n) is 10.0. The van der Waals surface area contributed by atoms with Crippen LogP contribution in [0.1, 0.15) is 29.8 Å². The second-order valence-electron chi connectivity index (χ2n) is 8.01. The van der Waals surface area contributed by atoms with Gasteiger partial charge in [-0.15, -0.1) is 11.3 Å². The van der Waals surface area contributed by atoms with Gasteiger partial charge in [-0.05, 0) is 37.0 Å². The first-order chi connectivity index (χ1) is 14.2. The van der Waals surface area contributed by atoms with Crippen LogP contribution in [-0.2, 0) is 9.53 Å². The second kappa shape index (κ2) is 10.1. The van der Waals surface area contributed by atoms with Crippen molar-refractivity contribution in [3.63, 3.8) is 0 Å². The van der Waals surface area contributed by atoms with Gasteiger partial charge in [-0.1, -0.05) is 0 Å². The van der Waals surface area contributed by atoms with E-state index in [1.807, 2.05) is 10.3 Å². The average Bonchev–Trinajstić information content (AvgIpc) is 3.37. The number of carbonyl (C=O) groups excluding carboxylic acids is 1. The third kappa shape index (κ3) is 6.14. The zero-order valence-corrected chi connectivity index (χ0v) is 17.3. The molecule has 0 bridgehead atoms. The number of aliphatic carboxylic acids is 1. The Kier molecular flexibility index (Phi) is 7.70. The van der Waals surface area contributed by atoms with Gasteiger partial charge in [0.05, 0.1) is 5.51 Å². The Morgan fingerprint density at radius 1 is 1.17 bits per heavy atom. The Balaban J connectivity index is 0.000000318. The van der Waals surface area contributed by atoms with Crippen LogP contribution in [0.3, 0.4) is 0 Å². The van der Waals surface area contributed by atoms with Crippen LogP contribution in [0.4, 0.5) is 13.2 Å². The van der Waals surface area contributed by atoms with Crippen molar-refractivity contribution in [1.29, 1.82) is 0 Å². The Bertz CT molecular complexity index is 710. The van der Waals surface area contributed by atoms with E-state index in [0.29, 0.717) is 11.6 Å². The standard InChI is InChI=1S/C17H25N3O2S.C2HF3O2/c21-17(16-11-23-12-18-16)20-4-1-14-8-19(9-15(14)10-20)7-13-2-5-22-6-3-13;3-2(4,5)1(6)7/h11-15H,1-10H2;(H,6,7)/t14-,15-;/m1./s1. The summed E-state index contributed by atoms with van der Waals surface area (Å²) in [5.41, 5.74) is 2.36. The molecule has 3 aliphatic heterocycles. The molecule has 0 aromatic carbocycles. The van der Waals surface area contributed by atoms with E-state index in [9.17, 15) is 18.0 Å². The number of aromatic nitrogens is 1. The summed E-state index contributed by atoms with van der Waals surface area (Å²) in [5, 5.41) is 8.99. The molecule has 1 aromatic rings. The van der Waals surface area contributed by atoms with Crippen molar-refractivity contribution in [3.8, 4) is 0 Å². The van der Waals surface area contributed by atoms with Gasteiger partial charge in [-0.3, -0.25) is 4.79 Å². The zero-order valence-electron chi connectivity index (χ0n) is 16.5. The van der Waals surface area contributed by atoms with Gasteiger partial charge in [0.1, 0.15) is 5.69 Å². The van der Waals surface area contributed by atoms with Gasteiger partial charge in [0.2, 0.25) is 0 Å². The molecule has 30 heavy (non-hydrogen) atoms. The smallest absolute Gasteiger partial charge is 0.475 e. The summed E-state index contributed by atoms with van der Waals surface area (Å²) in [5.74, 6) is -0.419. The maximum absolute atomic E-state index is 12.5. The summed E-state index contributed by atoms with van der Waals surface area (Å²) < 4.78 is 37.2. The molecular formula is C19H26F3N3O4S. The van der Waals surface area contributed by atoms with E-state index < -0.39 is 12.1 Å². The predicted molar refractivity (Wildman–Crippen MR) is 103 cm³/mol. The molecule has 1 amide bonds. The quantitative estimate of drug-likeness (QED) is 0.764. The number of likely N-dealkylation sites (tertiary alicyclic amines) is 2. The van der Waals surface area contributed by atoms with Crippen LogP contribution in [0.2, 0.25) is 0 Å². The number of thiazole rings is 1. The highest BCUT2D eigenvalue weighted by molar-refractivity contribution is 7.07. The SMILES string of the molecule is O=C(O)C(F)(F)F.O=C(c1cscn1)N1CC[C@@H]2CN(CC3CCOCC3)C[C@@H]2C1. The number of carbonyl (C=O) groups is 2. The molecule has 7 nitrogen and oxygen atoms in total. The molecule has 2 atom stereocenters. The van der Waals surface area contributed by atoms with Crippen LogP contribution < -0.4 is 0 Å². The number of alkyl halides is 3. The number of carboxylic acids is 1. The molecular weight excluding hydrogens is 423 g/mol. The van der Waals surface area contributed by atoms with Gasteiger partial charge in [-0.25, -0.2) is 9.78 Å². The van der Waals surface area contributed by atoms with E-state index >= 15 is 0 Å². The second-order valence-corrected chi connectivity index (χ2v) is 8.73. The summed E-state index contributed by atoms with van der Waals surface area (Å²) in [7, 11) is 0. The fourth-order valence-corrected chi connectivity index (χ4v) is 4.90. The molecule has 0 spiro atoms. The minimum Gasteiger partial charge on any atom is -0.475 e. The molecule has 0 radical (unpaired) electrons. The Labute approximate surface area is 176 Å². The van der Waals surface area contributed by atoms with Crippen molar-refractivity contribution in [2.45, 2.75) is 25.4 Å². The number of rotatable bonds is 3. The molecule has 11 heteroatoms. The third-order valence-corrected chi connectivity index (χ3v) is 6.50. The molecule has 1 N–H and O–H groups in total. The summed E-state index contributed by atoms with van der Waals surface area (Å²) in [6.07, 6.45) is -1.52. The lowest BCUT2D eigenvalue weighted by atomic mass is 9.88. The third-order valence-electron chi connectivity index (χ3n) is 5.92. The van der Waals surface area contributed by atoms with Crippen molar-refractivity contribution >= 4 is 23.2 Å². The number of piperidine rings is 1. The highest BCUT2D eigenvalue weighted by Gasteiger charge is 2.39. The van der Waals surface area contributed by atoms with Crippen LogP contribution in [0, 0.1) is 17.8 Å². The van der Waals surface area contributed by atoms with E-state index in [2.05, 4.69) is 9.88 Å². The minimum atomic E-state index is -5.08. The average molecular weight is 449 g/mol. The number of fused-ring (bicyclic) bond motifs is 1.